The van der Waals surface area contributed by atoms with Crippen molar-refractivity contribution in [2.24, 2.45) is 0 Å². The van der Waals surface area contributed by atoms with Crippen molar-refractivity contribution in [3.63, 3.8) is 0 Å². The Bertz CT molecular complexity index is 618. The molecule has 0 aliphatic heterocycles. The van der Waals surface area contributed by atoms with Gasteiger partial charge in [0.05, 0.1) is 11.5 Å². The Kier molecular flexibility index (Phi) is 4.53. The molecule has 1 aromatic carbocycles. The number of benzene rings is 1. The lowest BCUT2D eigenvalue weighted by atomic mass is 10.2. The van der Waals surface area contributed by atoms with Crippen molar-refractivity contribution < 1.29 is 17.9 Å². The van der Waals surface area contributed by atoms with E-state index in [0.717, 1.165) is 18.4 Å². The number of carbonyl (C=O) groups excluding carboxylic acids is 1. The second kappa shape index (κ2) is 6.03. The van der Waals surface area contributed by atoms with E-state index in [1.807, 2.05) is 0 Å². The topological polar surface area (TPSA) is 89.7 Å². The van der Waals surface area contributed by atoms with Gasteiger partial charge in [-0.05, 0) is 50.5 Å². The van der Waals surface area contributed by atoms with Crippen LogP contribution in [0.4, 0.5) is 5.69 Å². The van der Waals surface area contributed by atoms with Gasteiger partial charge in [0.15, 0.2) is 0 Å². The predicted molar refractivity (Wildman–Crippen MR) is 79.1 cm³/mol. The smallest absolute Gasteiger partial charge is 0.321 e. The van der Waals surface area contributed by atoms with Crippen LogP contribution in [0.5, 0.6) is 0 Å². The molecule has 2 N–H and O–H groups in total. The van der Waals surface area contributed by atoms with Gasteiger partial charge in [0.25, 0.3) is 0 Å². The molecule has 21 heavy (non-hydrogen) atoms. The van der Waals surface area contributed by atoms with E-state index in [9.17, 15) is 13.2 Å². The average Bonchev–Trinajstić information content (AvgIpc) is 3.19. The summed E-state index contributed by atoms with van der Waals surface area (Å²) in [5.74, 6) is -0.534. The SMILES string of the molecule is CCOC(=O)CN(C1CC1)S(=O)(=O)c1cc(C)cc(N)c1. The highest BCUT2D eigenvalue weighted by Crippen LogP contribution is 2.32. The van der Waals surface area contributed by atoms with Gasteiger partial charge < -0.3 is 10.5 Å². The molecular formula is C14H20N2O4S. The molecule has 0 amide bonds. The third-order valence-corrected chi connectivity index (χ3v) is 5.10. The van der Waals surface area contributed by atoms with Crippen LogP contribution < -0.4 is 5.73 Å². The van der Waals surface area contributed by atoms with Crippen LogP contribution >= 0.6 is 0 Å². The first kappa shape index (κ1) is 15.8. The zero-order valence-electron chi connectivity index (χ0n) is 12.2. The quantitative estimate of drug-likeness (QED) is 0.631. The van der Waals surface area contributed by atoms with Gasteiger partial charge in [-0.3, -0.25) is 4.79 Å². The Morgan fingerprint density at radius 3 is 2.57 bits per heavy atom. The molecule has 0 saturated heterocycles. The number of rotatable bonds is 6. The molecule has 2 rings (SSSR count). The highest BCUT2D eigenvalue weighted by atomic mass is 32.2. The maximum absolute atomic E-state index is 12.7. The zero-order valence-corrected chi connectivity index (χ0v) is 13.0. The minimum Gasteiger partial charge on any atom is -0.465 e. The van der Waals surface area contributed by atoms with Gasteiger partial charge in [-0.1, -0.05) is 0 Å². The van der Waals surface area contributed by atoms with Crippen LogP contribution in [0.1, 0.15) is 25.3 Å². The highest BCUT2D eigenvalue weighted by molar-refractivity contribution is 7.89. The summed E-state index contributed by atoms with van der Waals surface area (Å²) in [6, 6.07) is 4.56. The maximum atomic E-state index is 12.7. The highest BCUT2D eigenvalue weighted by Gasteiger charge is 2.39. The molecule has 116 valence electrons. The second-order valence-electron chi connectivity index (χ2n) is 5.17. The molecule has 0 spiro atoms. The predicted octanol–water partition coefficient (Wildman–Crippen LogP) is 1.29. The largest absolute Gasteiger partial charge is 0.465 e. The number of nitrogens with zero attached hydrogens (tertiary/aromatic N) is 1. The molecule has 6 nitrogen and oxygen atoms in total. The van der Waals surface area contributed by atoms with E-state index in [4.69, 9.17) is 10.5 Å². The van der Waals surface area contributed by atoms with Gasteiger partial charge in [0.1, 0.15) is 6.54 Å². The number of carbonyl (C=O) groups is 1. The van der Waals surface area contributed by atoms with Crippen molar-refractivity contribution in [3.05, 3.63) is 23.8 Å². The molecule has 7 heteroatoms. The Labute approximate surface area is 124 Å². The van der Waals surface area contributed by atoms with Crippen molar-refractivity contribution in [2.45, 2.75) is 37.6 Å². The monoisotopic (exact) mass is 312 g/mol. The average molecular weight is 312 g/mol. The standard InChI is InChI=1S/C14H20N2O4S/c1-3-20-14(17)9-16(12-4-5-12)21(18,19)13-7-10(2)6-11(15)8-13/h6-8,12H,3-5,9,15H2,1-2H3. The fraction of sp³-hybridized carbons (Fsp3) is 0.500. The summed E-state index contributed by atoms with van der Waals surface area (Å²) in [5, 5.41) is 0. The van der Waals surface area contributed by atoms with Gasteiger partial charge in [-0.2, -0.15) is 4.31 Å². The van der Waals surface area contributed by atoms with Gasteiger partial charge in [0, 0.05) is 11.7 Å². The summed E-state index contributed by atoms with van der Waals surface area (Å²) < 4.78 is 31.5. The molecule has 0 bridgehead atoms. The summed E-state index contributed by atoms with van der Waals surface area (Å²) in [7, 11) is -3.74. The van der Waals surface area contributed by atoms with Gasteiger partial charge in [0.2, 0.25) is 10.0 Å². The van der Waals surface area contributed by atoms with E-state index in [2.05, 4.69) is 0 Å². The van der Waals surface area contributed by atoms with Crippen molar-refractivity contribution >= 4 is 21.7 Å². The number of sulfonamides is 1. The third kappa shape index (κ3) is 3.74. The Balaban J connectivity index is 2.31. The normalized spacial score (nSPS) is 15.2. The zero-order chi connectivity index (χ0) is 15.6. The first-order valence-electron chi connectivity index (χ1n) is 6.89. The second-order valence-corrected chi connectivity index (χ2v) is 7.06. The minimum atomic E-state index is -3.74. The molecule has 1 fully saturated rings. The molecule has 1 aromatic rings. The lowest BCUT2D eigenvalue weighted by molar-refractivity contribution is -0.143. The number of esters is 1. The molecule has 0 radical (unpaired) electrons. The summed E-state index contributed by atoms with van der Waals surface area (Å²) in [6.07, 6.45) is 1.53. The number of nitrogens with two attached hydrogens (primary N) is 1. The number of hydrogen-bond acceptors (Lipinski definition) is 5. The van der Waals surface area contributed by atoms with Crippen LogP contribution in [-0.4, -0.2) is 37.9 Å². The van der Waals surface area contributed by atoms with E-state index in [-0.39, 0.29) is 24.1 Å². The fourth-order valence-corrected chi connectivity index (χ4v) is 3.94. The Morgan fingerprint density at radius 2 is 2.05 bits per heavy atom. The molecular weight excluding hydrogens is 292 g/mol. The van der Waals surface area contributed by atoms with Crippen LogP contribution in [0.3, 0.4) is 0 Å². The summed E-state index contributed by atoms with van der Waals surface area (Å²) in [4.78, 5) is 11.8. The van der Waals surface area contributed by atoms with Crippen LogP contribution in [-0.2, 0) is 19.6 Å². The van der Waals surface area contributed by atoms with Gasteiger partial charge in [-0.25, -0.2) is 8.42 Å². The van der Waals surface area contributed by atoms with Crippen LogP contribution in [0.25, 0.3) is 0 Å². The van der Waals surface area contributed by atoms with Crippen LogP contribution in [0.2, 0.25) is 0 Å². The Morgan fingerprint density at radius 1 is 1.38 bits per heavy atom. The van der Waals surface area contributed by atoms with E-state index in [1.54, 1.807) is 26.0 Å². The Hall–Kier alpha value is -1.60. The van der Waals surface area contributed by atoms with Crippen molar-refractivity contribution in [1.82, 2.24) is 4.31 Å². The molecule has 0 atom stereocenters. The lowest BCUT2D eigenvalue weighted by Crippen LogP contribution is -2.38. The van der Waals surface area contributed by atoms with Crippen LogP contribution in [0, 0.1) is 6.92 Å². The first-order valence-corrected chi connectivity index (χ1v) is 8.33. The number of anilines is 1. The number of ether oxygens (including phenoxy) is 1. The summed E-state index contributed by atoms with van der Waals surface area (Å²) in [6.45, 7) is 3.45. The van der Waals surface area contributed by atoms with E-state index < -0.39 is 16.0 Å². The van der Waals surface area contributed by atoms with Crippen molar-refractivity contribution in [2.75, 3.05) is 18.9 Å². The van der Waals surface area contributed by atoms with Gasteiger partial charge >= 0.3 is 5.97 Å². The summed E-state index contributed by atoms with van der Waals surface area (Å²) in [5.41, 5.74) is 6.88. The third-order valence-electron chi connectivity index (χ3n) is 3.22. The molecule has 1 aliphatic carbocycles. The van der Waals surface area contributed by atoms with E-state index >= 15 is 0 Å². The molecule has 0 unspecified atom stereocenters. The molecule has 0 aromatic heterocycles. The van der Waals surface area contributed by atoms with Crippen molar-refractivity contribution in [3.8, 4) is 0 Å². The number of nitrogen functional groups attached to an aromatic ring is 1. The lowest BCUT2D eigenvalue weighted by Gasteiger charge is -2.21. The van der Waals surface area contributed by atoms with Crippen LogP contribution in [0.15, 0.2) is 23.1 Å². The molecule has 1 saturated carbocycles. The number of hydrogen-bond donors (Lipinski definition) is 1. The van der Waals surface area contributed by atoms with Crippen molar-refractivity contribution in [1.29, 1.82) is 0 Å². The summed E-state index contributed by atoms with van der Waals surface area (Å²) >= 11 is 0. The fourth-order valence-electron chi connectivity index (χ4n) is 2.17. The van der Waals surface area contributed by atoms with Gasteiger partial charge in [-0.15, -0.1) is 0 Å². The first-order chi connectivity index (χ1) is 9.84. The minimum absolute atomic E-state index is 0.121. The molecule has 0 heterocycles. The van der Waals surface area contributed by atoms with E-state index in [0.29, 0.717) is 5.69 Å². The van der Waals surface area contributed by atoms with E-state index in [1.165, 1.54) is 10.4 Å². The maximum Gasteiger partial charge on any atom is 0.321 e. The number of aryl methyl sites for hydroxylation is 1. The molecule has 1 aliphatic rings.